The second-order valence-corrected chi connectivity index (χ2v) is 7.69. The van der Waals surface area contributed by atoms with Crippen LogP contribution in [0.2, 0.25) is 0 Å². The van der Waals surface area contributed by atoms with Crippen molar-refractivity contribution >= 4 is 51.7 Å². The van der Waals surface area contributed by atoms with Crippen molar-refractivity contribution < 1.29 is 8.42 Å². The molecule has 1 fully saturated rings. The molecule has 1 saturated heterocycles. The van der Waals surface area contributed by atoms with Crippen molar-refractivity contribution in [3.8, 4) is 0 Å². The molecule has 0 saturated carbocycles. The quantitative estimate of drug-likeness (QED) is 0.236. The van der Waals surface area contributed by atoms with E-state index in [2.05, 4.69) is 20.3 Å². The predicted octanol–water partition coefficient (Wildman–Crippen LogP) is 0.604. The first-order valence-electron chi connectivity index (χ1n) is 6.59. The first-order valence-corrected chi connectivity index (χ1v) is 9.53. The Morgan fingerprint density at radius 3 is 2.65 bits per heavy atom. The van der Waals surface area contributed by atoms with Gasteiger partial charge in [0.2, 0.25) is 10.0 Å². The molecule has 0 radical (unpaired) electrons. The highest BCUT2D eigenvalue weighted by Crippen LogP contribution is 2.25. The van der Waals surface area contributed by atoms with Gasteiger partial charge in [-0.05, 0) is 25.5 Å². The summed E-state index contributed by atoms with van der Waals surface area (Å²) < 4.78 is 24.3. The maximum Gasteiger partial charge on any atom is 0.208 e. The van der Waals surface area contributed by atoms with Crippen LogP contribution in [-0.4, -0.2) is 57.8 Å². The molecule has 0 bridgehead atoms. The monoisotopic (exact) mass is 436 g/mol. The van der Waals surface area contributed by atoms with Crippen molar-refractivity contribution in [3.63, 3.8) is 0 Å². The molecule has 0 aliphatic carbocycles. The van der Waals surface area contributed by atoms with Crippen LogP contribution in [0.25, 0.3) is 0 Å². The summed E-state index contributed by atoms with van der Waals surface area (Å²) in [7, 11) is -3.11. The minimum absolute atomic E-state index is 0. The molecule has 0 aromatic carbocycles. The lowest BCUT2D eigenvalue weighted by atomic mass is 10.2. The molecule has 1 aliphatic heterocycles. The van der Waals surface area contributed by atoms with Gasteiger partial charge in [-0.1, -0.05) is 0 Å². The average molecular weight is 436 g/mol. The van der Waals surface area contributed by atoms with Crippen LogP contribution in [0, 0.1) is 0 Å². The van der Waals surface area contributed by atoms with Crippen LogP contribution < -0.4 is 15.4 Å². The summed E-state index contributed by atoms with van der Waals surface area (Å²) in [6.07, 6.45) is 3.68. The van der Waals surface area contributed by atoms with E-state index in [0.717, 1.165) is 25.3 Å². The molecule has 9 heteroatoms. The number of hydrogen-bond donors (Lipinski definition) is 3. The summed E-state index contributed by atoms with van der Waals surface area (Å²) in [4.78, 5) is 4.53. The zero-order chi connectivity index (χ0) is 14.1. The van der Waals surface area contributed by atoms with Gasteiger partial charge < -0.3 is 10.6 Å². The fraction of sp³-hybridized carbons (Fsp3) is 0.909. The Hall–Kier alpha value is 0.260. The van der Waals surface area contributed by atoms with Gasteiger partial charge in [0.15, 0.2) is 5.96 Å². The van der Waals surface area contributed by atoms with E-state index >= 15 is 0 Å². The van der Waals surface area contributed by atoms with Crippen LogP contribution in [0.4, 0.5) is 0 Å². The number of thioether (sulfide) groups is 1. The van der Waals surface area contributed by atoms with E-state index in [4.69, 9.17) is 0 Å². The van der Waals surface area contributed by atoms with Crippen molar-refractivity contribution in [1.29, 1.82) is 0 Å². The normalized spacial score (nSPS) is 19.5. The Labute approximate surface area is 143 Å². The molecule has 0 spiro atoms. The molecule has 20 heavy (non-hydrogen) atoms. The maximum absolute atomic E-state index is 10.9. The third-order valence-electron chi connectivity index (χ3n) is 2.60. The molecule has 3 N–H and O–H groups in total. The highest BCUT2D eigenvalue weighted by atomic mass is 127. The largest absolute Gasteiger partial charge is 0.357 e. The summed E-state index contributed by atoms with van der Waals surface area (Å²) in [5.74, 6) is 1.99. The molecule has 1 aliphatic rings. The molecule has 1 rings (SSSR count). The summed E-state index contributed by atoms with van der Waals surface area (Å²) in [5.41, 5.74) is 0. The highest BCUT2D eigenvalue weighted by molar-refractivity contribution is 14.0. The van der Waals surface area contributed by atoms with Crippen molar-refractivity contribution in [2.75, 3.05) is 38.2 Å². The topological polar surface area (TPSA) is 82.6 Å². The molecule has 1 atom stereocenters. The van der Waals surface area contributed by atoms with Crippen LogP contribution in [0.1, 0.15) is 19.8 Å². The summed E-state index contributed by atoms with van der Waals surface area (Å²) in [5, 5.41) is 6.91. The van der Waals surface area contributed by atoms with Gasteiger partial charge in [-0.3, -0.25) is 4.99 Å². The molecule has 0 aromatic rings. The summed E-state index contributed by atoms with van der Waals surface area (Å²) in [6, 6.07) is 0. The summed E-state index contributed by atoms with van der Waals surface area (Å²) in [6.45, 7) is 4.51. The lowest BCUT2D eigenvalue weighted by Crippen LogP contribution is -2.41. The van der Waals surface area contributed by atoms with Gasteiger partial charge in [0, 0.05) is 24.9 Å². The van der Waals surface area contributed by atoms with E-state index in [1.165, 1.54) is 18.6 Å². The zero-order valence-corrected chi connectivity index (χ0v) is 16.0. The molecule has 0 amide bonds. The molecule has 1 heterocycles. The highest BCUT2D eigenvalue weighted by Gasteiger charge is 2.14. The maximum atomic E-state index is 10.9. The number of aliphatic imine (C=N–C) groups is 1. The fourth-order valence-corrected chi connectivity index (χ4v) is 3.39. The molecular weight excluding hydrogens is 411 g/mol. The van der Waals surface area contributed by atoms with Crippen LogP contribution >= 0.6 is 35.7 Å². The molecule has 120 valence electrons. The van der Waals surface area contributed by atoms with E-state index in [0.29, 0.717) is 18.3 Å². The first-order chi connectivity index (χ1) is 9.01. The van der Waals surface area contributed by atoms with Crippen LogP contribution in [0.3, 0.4) is 0 Å². The third-order valence-corrected chi connectivity index (χ3v) is 4.71. The lowest BCUT2D eigenvalue weighted by Gasteiger charge is -2.12. The SMILES string of the molecule is CCNC(=NCC1CCCS1)NCCNS(C)(=O)=O.I. The Morgan fingerprint density at radius 2 is 2.10 bits per heavy atom. The van der Waals surface area contributed by atoms with Crippen molar-refractivity contribution in [2.45, 2.75) is 25.0 Å². The molecular formula is C11H25IN4O2S2. The van der Waals surface area contributed by atoms with Crippen molar-refractivity contribution in [1.82, 2.24) is 15.4 Å². The van der Waals surface area contributed by atoms with Crippen LogP contribution in [0.15, 0.2) is 4.99 Å². The molecule has 0 aromatic heterocycles. The Morgan fingerprint density at radius 1 is 1.35 bits per heavy atom. The first kappa shape index (κ1) is 20.3. The van der Waals surface area contributed by atoms with Crippen molar-refractivity contribution in [3.05, 3.63) is 0 Å². The van der Waals surface area contributed by atoms with E-state index in [9.17, 15) is 8.42 Å². The number of guanidine groups is 1. The zero-order valence-electron chi connectivity index (χ0n) is 12.0. The Balaban J connectivity index is 0.00000361. The number of nitrogens with one attached hydrogen (secondary N) is 3. The lowest BCUT2D eigenvalue weighted by molar-refractivity contribution is 0.586. The number of rotatable bonds is 7. The average Bonchev–Trinajstić information content (AvgIpc) is 2.83. The van der Waals surface area contributed by atoms with E-state index in [1.807, 2.05) is 18.7 Å². The molecule has 1 unspecified atom stereocenters. The number of nitrogens with zero attached hydrogens (tertiary/aromatic N) is 1. The number of halogens is 1. The van der Waals surface area contributed by atoms with Crippen molar-refractivity contribution in [2.24, 2.45) is 4.99 Å². The fourth-order valence-electron chi connectivity index (χ4n) is 1.74. The minimum Gasteiger partial charge on any atom is -0.357 e. The van der Waals surface area contributed by atoms with Crippen LogP contribution in [-0.2, 0) is 10.0 Å². The number of sulfonamides is 1. The van der Waals surface area contributed by atoms with Gasteiger partial charge in [-0.2, -0.15) is 11.8 Å². The molecule has 6 nitrogen and oxygen atoms in total. The van der Waals surface area contributed by atoms with E-state index in [-0.39, 0.29) is 24.0 Å². The minimum atomic E-state index is -3.11. The van der Waals surface area contributed by atoms with Gasteiger partial charge in [-0.15, -0.1) is 24.0 Å². The van der Waals surface area contributed by atoms with Gasteiger partial charge in [0.1, 0.15) is 0 Å². The Kier molecular flexibility index (Phi) is 11.1. The Bertz CT molecular complexity index is 384. The van der Waals surface area contributed by atoms with Gasteiger partial charge in [-0.25, -0.2) is 13.1 Å². The van der Waals surface area contributed by atoms with Gasteiger partial charge in [0.25, 0.3) is 0 Å². The number of hydrogen-bond acceptors (Lipinski definition) is 4. The standard InChI is InChI=1S/C11H24N4O2S2.HI/c1-3-12-11(13-6-7-15-19(2,16)17)14-9-10-5-4-8-18-10;/h10,15H,3-9H2,1-2H3,(H2,12,13,14);1H. The third kappa shape index (κ3) is 10.1. The smallest absolute Gasteiger partial charge is 0.208 e. The second kappa shape index (κ2) is 10.9. The van der Waals surface area contributed by atoms with Crippen LogP contribution in [0.5, 0.6) is 0 Å². The second-order valence-electron chi connectivity index (χ2n) is 4.45. The van der Waals surface area contributed by atoms with E-state index < -0.39 is 10.0 Å². The van der Waals surface area contributed by atoms with E-state index in [1.54, 1.807) is 0 Å². The predicted molar refractivity (Wildman–Crippen MR) is 97.7 cm³/mol. The summed E-state index contributed by atoms with van der Waals surface area (Å²) >= 11 is 1.98. The van der Waals surface area contributed by atoms with Gasteiger partial charge in [0.05, 0.1) is 12.8 Å². The van der Waals surface area contributed by atoms with Gasteiger partial charge >= 0.3 is 0 Å².